The minimum atomic E-state index is -0.203. The van der Waals surface area contributed by atoms with Gasteiger partial charge in [-0.3, -0.25) is 0 Å². The molecule has 138 valence electrons. The summed E-state index contributed by atoms with van der Waals surface area (Å²) in [5.41, 5.74) is 0. The molecule has 3 rings (SSSR count). The second-order valence-electron chi connectivity index (χ2n) is 6.81. The molecule has 2 aliphatic rings. The van der Waals surface area contributed by atoms with Gasteiger partial charge in [-0.1, -0.05) is 0 Å². The van der Waals surface area contributed by atoms with E-state index in [-0.39, 0.29) is 6.09 Å². The first-order valence-corrected chi connectivity index (χ1v) is 9.44. The summed E-state index contributed by atoms with van der Waals surface area (Å²) in [6, 6.07) is 2.39. The fourth-order valence-electron chi connectivity index (χ4n) is 3.54. The molecule has 0 aliphatic carbocycles. The molecule has 1 N–H and O–H groups in total. The molecule has 0 spiro atoms. The van der Waals surface area contributed by atoms with Crippen molar-refractivity contribution in [1.82, 2.24) is 14.9 Å². The molecule has 1 amide bonds. The standard InChI is InChI=1S/C18H29N5O2/c1-3-25-18(24)23-11-7-15(8-12-23)21-16-13-17(20-14(2)19-16)22-9-5-4-6-10-22/h13,15H,3-12H2,1-2H3,(H,19,20,21). The normalized spacial score (nSPS) is 19.0. The van der Waals surface area contributed by atoms with Gasteiger partial charge in [0.2, 0.25) is 0 Å². The largest absolute Gasteiger partial charge is 0.450 e. The van der Waals surface area contributed by atoms with E-state index in [9.17, 15) is 4.79 Å². The highest BCUT2D eigenvalue weighted by molar-refractivity contribution is 5.67. The maximum Gasteiger partial charge on any atom is 0.409 e. The van der Waals surface area contributed by atoms with Gasteiger partial charge in [0.05, 0.1) is 6.61 Å². The molecular formula is C18H29N5O2. The van der Waals surface area contributed by atoms with Gasteiger partial charge in [-0.15, -0.1) is 0 Å². The Morgan fingerprint density at radius 3 is 2.60 bits per heavy atom. The van der Waals surface area contributed by atoms with E-state index in [4.69, 9.17) is 4.74 Å². The predicted octanol–water partition coefficient (Wildman–Crippen LogP) is 2.81. The van der Waals surface area contributed by atoms with Gasteiger partial charge in [0.15, 0.2) is 0 Å². The van der Waals surface area contributed by atoms with Gasteiger partial charge in [0, 0.05) is 38.3 Å². The van der Waals surface area contributed by atoms with Crippen molar-refractivity contribution < 1.29 is 9.53 Å². The van der Waals surface area contributed by atoms with E-state index in [0.717, 1.165) is 56.5 Å². The van der Waals surface area contributed by atoms with E-state index < -0.39 is 0 Å². The summed E-state index contributed by atoms with van der Waals surface area (Å²) in [4.78, 5) is 25.1. The average Bonchev–Trinajstić information content (AvgIpc) is 2.63. The molecule has 7 heteroatoms. The molecule has 0 bridgehead atoms. The number of aromatic nitrogens is 2. The molecule has 0 radical (unpaired) electrons. The van der Waals surface area contributed by atoms with E-state index >= 15 is 0 Å². The van der Waals surface area contributed by atoms with Crippen molar-refractivity contribution in [1.29, 1.82) is 0 Å². The smallest absolute Gasteiger partial charge is 0.409 e. The van der Waals surface area contributed by atoms with E-state index in [2.05, 4.69) is 26.3 Å². The average molecular weight is 347 g/mol. The molecule has 3 heterocycles. The van der Waals surface area contributed by atoms with Crippen LogP contribution in [-0.4, -0.2) is 59.8 Å². The van der Waals surface area contributed by atoms with Crippen LogP contribution in [0.2, 0.25) is 0 Å². The molecule has 0 aromatic carbocycles. The molecule has 1 aromatic rings. The number of aryl methyl sites for hydroxylation is 1. The summed E-state index contributed by atoms with van der Waals surface area (Å²) in [6.45, 7) is 7.81. The number of carbonyl (C=O) groups excluding carboxylic acids is 1. The van der Waals surface area contributed by atoms with Crippen LogP contribution in [0.4, 0.5) is 16.4 Å². The molecule has 2 fully saturated rings. The highest BCUT2D eigenvalue weighted by Gasteiger charge is 2.24. The Hall–Kier alpha value is -2.05. The van der Waals surface area contributed by atoms with Crippen LogP contribution in [0.25, 0.3) is 0 Å². The van der Waals surface area contributed by atoms with Crippen molar-refractivity contribution in [2.24, 2.45) is 0 Å². The molecule has 1 aromatic heterocycles. The molecule has 0 atom stereocenters. The number of hydrogen-bond donors (Lipinski definition) is 1. The van der Waals surface area contributed by atoms with E-state index in [1.807, 2.05) is 13.8 Å². The second-order valence-corrected chi connectivity index (χ2v) is 6.81. The van der Waals surface area contributed by atoms with Gasteiger partial charge >= 0.3 is 6.09 Å². The summed E-state index contributed by atoms with van der Waals surface area (Å²) in [5.74, 6) is 2.72. The Labute approximate surface area is 149 Å². The lowest BCUT2D eigenvalue weighted by atomic mass is 10.1. The van der Waals surface area contributed by atoms with E-state index in [1.54, 1.807) is 4.90 Å². The number of nitrogens with zero attached hydrogens (tertiary/aromatic N) is 4. The monoisotopic (exact) mass is 347 g/mol. The Morgan fingerprint density at radius 2 is 1.92 bits per heavy atom. The molecule has 0 unspecified atom stereocenters. The third kappa shape index (κ3) is 4.74. The zero-order chi connectivity index (χ0) is 17.6. The van der Waals surface area contributed by atoms with Crippen LogP contribution in [0, 0.1) is 6.92 Å². The number of anilines is 2. The minimum Gasteiger partial charge on any atom is -0.450 e. The number of piperidine rings is 2. The Bertz CT molecular complexity index is 581. The first kappa shape index (κ1) is 17.8. The number of likely N-dealkylation sites (tertiary alicyclic amines) is 1. The number of nitrogens with one attached hydrogen (secondary N) is 1. The Kier molecular flexibility index (Phi) is 5.94. The summed E-state index contributed by atoms with van der Waals surface area (Å²) in [7, 11) is 0. The third-order valence-electron chi connectivity index (χ3n) is 4.88. The quantitative estimate of drug-likeness (QED) is 0.903. The SMILES string of the molecule is CCOC(=O)N1CCC(Nc2cc(N3CCCCC3)nc(C)n2)CC1. The second kappa shape index (κ2) is 8.36. The van der Waals surface area contributed by atoms with Gasteiger partial charge in [0.1, 0.15) is 17.5 Å². The van der Waals surface area contributed by atoms with Crippen LogP contribution < -0.4 is 10.2 Å². The lowest BCUT2D eigenvalue weighted by molar-refractivity contribution is 0.0983. The minimum absolute atomic E-state index is 0.203. The van der Waals surface area contributed by atoms with Crippen LogP contribution in [-0.2, 0) is 4.74 Å². The summed E-state index contributed by atoms with van der Waals surface area (Å²) in [5, 5.41) is 3.54. The predicted molar refractivity (Wildman–Crippen MR) is 98.1 cm³/mol. The van der Waals surface area contributed by atoms with Crippen LogP contribution in [0.3, 0.4) is 0 Å². The van der Waals surface area contributed by atoms with Crippen molar-refractivity contribution in [3.63, 3.8) is 0 Å². The topological polar surface area (TPSA) is 70.6 Å². The van der Waals surface area contributed by atoms with Crippen LogP contribution in [0.15, 0.2) is 6.07 Å². The zero-order valence-electron chi connectivity index (χ0n) is 15.3. The van der Waals surface area contributed by atoms with Crippen molar-refractivity contribution in [3.8, 4) is 0 Å². The first-order valence-electron chi connectivity index (χ1n) is 9.44. The Morgan fingerprint density at radius 1 is 1.20 bits per heavy atom. The first-order chi connectivity index (χ1) is 12.2. The van der Waals surface area contributed by atoms with Gasteiger partial charge < -0.3 is 19.9 Å². The molecular weight excluding hydrogens is 318 g/mol. The highest BCUT2D eigenvalue weighted by Crippen LogP contribution is 2.22. The molecule has 2 aliphatic heterocycles. The number of hydrogen-bond acceptors (Lipinski definition) is 6. The number of ether oxygens (including phenoxy) is 1. The highest BCUT2D eigenvalue weighted by atomic mass is 16.6. The fourth-order valence-corrected chi connectivity index (χ4v) is 3.54. The lowest BCUT2D eigenvalue weighted by Crippen LogP contribution is -2.42. The molecule has 7 nitrogen and oxygen atoms in total. The zero-order valence-corrected chi connectivity index (χ0v) is 15.3. The fraction of sp³-hybridized carbons (Fsp3) is 0.722. The molecule has 0 saturated carbocycles. The van der Waals surface area contributed by atoms with Crippen LogP contribution >= 0.6 is 0 Å². The molecule has 25 heavy (non-hydrogen) atoms. The maximum atomic E-state index is 11.8. The van der Waals surface area contributed by atoms with Crippen molar-refractivity contribution >= 4 is 17.7 Å². The van der Waals surface area contributed by atoms with Crippen molar-refractivity contribution in [2.75, 3.05) is 43.0 Å². The van der Waals surface area contributed by atoms with Gasteiger partial charge in [-0.2, -0.15) is 0 Å². The summed E-state index contributed by atoms with van der Waals surface area (Å²) in [6.07, 6.45) is 5.38. The molecule has 2 saturated heterocycles. The lowest BCUT2D eigenvalue weighted by Gasteiger charge is -2.32. The van der Waals surface area contributed by atoms with Crippen LogP contribution in [0.1, 0.15) is 44.9 Å². The van der Waals surface area contributed by atoms with Crippen LogP contribution in [0.5, 0.6) is 0 Å². The van der Waals surface area contributed by atoms with E-state index in [1.165, 1.54) is 19.3 Å². The van der Waals surface area contributed by atoms with Gasteiger partial charge in [-0.05, 0) is 46.0 Å². The number of rotatable bonds is 4. The van der Waals surface area contributed by atoms with Gasteiger partial charge in [-0.25, -0.2) is 14.8 Å². The van der Waals surface area contributed by atoms with E-state index in [0.29, 0.717) is 12.6 Å². The summed E-state index contributed by atoms with van der Waals surface area (Å²) < 4.78 is 5.07. The van der Waals surface area contributed by atoms with Gasteiger partial charge in [0.25, 0.3) is 0 Å². The third-order valence-corrected chi connectivity index (χ3v) is 4.88. The van der Waals surface area contributed by atoms with Crippen molar-refractivity contribution in [2.45, 2.75) is 52.0 Å². The van der Waals surface area contributed by atoms with Crippen molar-refractivity contribution in [3.05, 3.63) is 11.9 Å². The summed E-state index contributed by atoms with van der Waals surface area (Å²) >= 11 is 0. The Balaban J connectivity index is 1.58. The number of amides is 1. The number of carbonyl (C=O) groups is 1. The maximum absolute atomic E-state index is 11.8.